The Morgan fingerprint density at radius 2 is 1.73 bits per heavy atom. The summed E-state index contributed by atoms with van der Waals surface area (Å²) in [7, 11) is 1.82. The molecular formula is C27H32ClN5O3S. The van der Waals surface area contributed by atoms with Gasteiger partial charge in [-0.05, 0) is 67.1 Å². The molecule has 0 aliphatic carbocycles. The summed E-state index contributed by atoms with van der Waals surface area (Å²) in [5.41, 5.74) is 3.12. The van der Waals surface area contributed by atoms with Crippen LogP contribution in [-0.2, 0) is 4.79 Å². The van der Waals surface area contributed by atoms with Gasteiger partial charge in [0.15, 0.2) is 0 Å². The number of piperidine rings is 1. The lowest BCUT2D eigenvalue weighted by molar-refractivity contribution is -0.132. The maximum atomic E-state index is 12.8. The first-order valence-electron chi connectivity index (χ1n) is 12.7. The van der Waals surface area contributed by atoms with E-state index in [1.807, 2.05) is 48.3 Å². The molecule has 2 aromatic rings. The summed E-state index contributed by atoms with van der Waals surface area (Å²) >= 11 is 7.17. The molecule has 3 fully saturated rings. The highest BCUT2D eigenvalue weighted by Crippen LogP contribution is 2.30. The highest BCUT2D eigenvalue weighted by Gasteiger charge is 2.35. The van der Waals surface area contributed by atoms with Crippen molar-refractivity contribution in [2.75, 3.05) is 49.2 Å². The molecule has 0 spiro atoms. The number of likely N-dealkylation sites (tertiary alicyclic amines) is 1. The molecule has 0 saturated carbocycles. The second-order valence-corrected chi connectivity index (χ2v) is 11.4. The molecule has 0 bridgehead atoms. The number of benzene rings is 2. The molecule has 2 aromatic carbocycles. The molecule has 10 heteroatoms. The highest BCUT2D eigenvalue weighted by atomic mass is 35.5. The Kier molecular flexibility index (Phi) is 7.81. The van der Waals surface area contributed by atoms with E-state index in [-0.39, 0.29) is 23.2 Å². The summed E-state index contributed by atoms with van der Waals surface area (Å²) < 4.78 is 0. The van der Waals surface area contributed by atoms with Gasteiger partial charge in [0.1, 0.15) is 6.04 Å². The summed E-state index contributed by atoms with van der Waals surface area (Å²) in [6, 6.07) is 15.5. The second-order valence-electron chi connectivity index (χ2n) is 9.92. The Morgan fingerprint density at radius 1 is 1.03 bits per heavy atom. The zero-order valence-electron chi connectivity index (χ0n) is 20.9. The maximum absolute atomic E-state index is 12.8. The normalized spacial score (nSPS) is 22.2. The van der Waals surface area contributed by atoms with Gasteiger partial charge in [0.2, 0.25) is 5.91 Å². The molecule has 3 heterocycles. The van der Waals surface area contributed by atoms with E-state index < -0.39 is 6.04 Å². The fourth-order valence-electron chi connectivity index (χ4n) is 5.34. The van der Waals surface area contributed by atoms with E-state index in [0.29, 0.717) is 11.7 Å². The summed E-state index contributed by atoms with van der Waals surface area (Å²) in [6.45, 7) is 3.04. The number of anilines is 2. The maximum Gasteiger partial charge on any atom is 0.321 e. The van der Waals surface area contributed by atoms with Crippen LogP contribution in [0.15, 0.2) is 48.5 Å². The van der Waals surface area contributed by atoms with Crippen molar-refractivity contribution in [2.45, 2.75) is 37.3 Å². The lowest BCUT2D eigenvalue weighted by Gasteiger charge is -2.32. The van der Waals surface area contributed by atoms with Crippen molar-refractivity contribution in [2.24, 2.45) is 0 Å². The topological polar surface area (TPSA) is 85.0 Å². The molecule has 0 radical (unpaired) electrons. The van der Waals surface area contributed by atoms with Crippen LogP contribution in [0, 0.1) is 0 Å². The van der Waals surface area contributed by atoms with Crippen molar-refractivity contribution in [1.82, 2.24) is 15.1 Å². The van der Waals surface area contributed by atoms with E-state index in [9.17, 15) is 14.4 Å². The number of likely N-dealkylation sites (N-methyl/N-ethyl adjacent to an activating group) is 1. The molecule has 5 rings (SSSR count). The van der Waals surface area contributed by atoms with Crippen molar-refractivity contribution in [1.29, 1.82) is 0 Å². The van der Waals surface area contributed by atoms with Crippen LogP contribution < -0.4 is 15.5 Å². The van der Waals surface area contributed by atoms with Crippen molar-refractivity contribution in [3.05, 3.63) is 59.1 Å². The van der Waals surface area contributed by atoms with Crippen molar-refractivity contribution in [3.63, 3.8) is 0 Å². The van der Waals surface area contributed by atoms with E-state index in [1.165, 1.54) is 5.56 Å². The molecule has 3 saturated heterocycles. The zero-order valence-corrected chi connectivity index (χ0v) is 22.4. The third-order valence-corrected chi connectivity index (χ3v) is 8.77. The average Bonchev–Trinajstić information content (AvgIpc) is 3.58. The lowest BCUT2D eigenvalue weighted by atomic mass is 9.89. The lowest BCUT2D eigenvalue weighted by Crippen LogP contribution is -2.48. The van der Waals surface area contributed by atoms with E-state index in [4.69, 9.17) is 11.6 Å². The highest BCUT2D eigenvalue weighted by molar-refractivity contribution is 8.14. The monoisotopic (exact) mass is 541 g/mol. The van der Waals surface area contributed by atoms with Crippen LogP contribution in [0.2, 0.25) is 5.02 Å². The van der Waals surface area contributed by atoms with Crippen LogP contribution in [0.1, 0.15) is 30.7 Å². The standard InChI is InChI=1S/C27H32ClN5O3S/c1-31(25(34)24-17-37-27(36)30-24)23-12-15-33(16-23)22-8-6-21(7-9-22)29-26(35)32-13-10-19(11-14-32)18-2-4-20(28)5-3-18/h2-9,19,23-24H,10-17H2,1H3,(H,29,35)(H,30,36)/t23?,24-/m0/s1. The molecule has 196 valence electrons. The minimum absolute atomic E-state index is 0.0274. The van der Waals surface area contributed by atoms with Crippen molar-refractivity contribution in [3.8, 4) is 0 Å². The van der Waals surface area contributed by atoms with E-state index >= 15 is 0 Å². The van der Waals surface area contributed by atoms with Gasteiger partial charge < -0.3 is 25.3 Å². The van der Waals surface area contributed by atoms with Gasteiger partial charge in [-0.15, -0.1) is 0 Å². The van der Waals surface area contributed by atoms with Crippen LogP contribution in [-0.4, -0.2) is 78.0 Å². The quantitative estimate of drug-likeness (QED) is 0.577. The molecule has 2 atom stereocenters. The number of nitrogens with zero attached hydrogens (tertiary/aromatic N) is 3. The molecule has 3 aliphatic heterocycles. The summed E-state index contributed by atoms with van der Waals surface area (Å²) in [5, 5.41) is 6.38. The smallest absolute Gasteiger partial charge is 0.321 e. The van der Waals surface area contributed by atoms with Gasteiger partial charge >= 0.3 is 6.03 Å². The van der Waals surface area contributed by atoms with E-state index in [1.54, 1.807) is 4.90 Å². The van der Waals surface area contributed by atoms with Gasteiger partial charge in [0.05, 0.1) is 6.04 Å². The molecule has 0 aromatic heterocycles. The van der Waals surface area contributed by atoms with Gasteiger partial charge in [-0.25, -0.2) is 4.79 Å². The Hall–Kier alpha value is -2.91. The number of nitrogens with one attached hydrogen (secondary N) is 2. The third kappa shape index (κ3) is 5.99. The predicted octanol–water partition coefficient (Wildman–Crippen LogP) is 4.61. The number of thioether (sulfide) groups is 1. The van der Waals surface area contributed by atoms with Crippen LogP contribution in [0.5, 0.6) is 0 Å². The first-order chi connectivity index (χ1) is 17.9. The van der Waals surface area contributed by atoms with Gasteiger partial charge in [0.25, 0.3) is 5.24 Å². The molecule has 2 N–H and O–H groups in total. The van der Waals surface area contributed by atoms with Crippen molar-refractivity contribution < 1.29 is 14.4 Å². The van der Waals surface area contributed by atoms with Gasteiger partial charge in [-0.2, -0.15) is 0 Å². The number of hydrogen-bond donors (Lipinski definition) is 2. The number of amides is 4. The Morgan fingerprint density at radius 3 is 2.38 bits per heavy atom. The number of carbonyl (C=O) groups is 3. The van der Waals surface area contributed by atoms with Crippen LogP contribution in [0.25, 0.3) is 0 Å². The molecule has 4 amide bonds. The SMILES string of the molecule is CN(C(=O)[C@@H]1CSC(=O)N1)C1CCN(c2ccc(NC(=O)N3CCC(c4ccc(Cl)cc4)CC3)cc2)C1. The minimum atomic E-state index is -0.428. The fourth-order valence-corrected chi connectivity index (χ4v) is 6.24. The van der Waals surface area contributed by atoms with Gasteiger partial charge in [0, 0.05) is 55.4 Å². The fraction of sp³-hybridized carbons (Fsp3) is 0.444. The molecule has 8 nitrogen and oxygen atoms in total. The van der Waals surface area contributed by atoms with Gasteiger partial charge in [-0.1, -0.05) is 35.5 Å². The first kappa shape index (κ1) is 25.7. The van der Waals surface area contributed by atoms with Crippen LogP contribution in [0.3, 0.4) is 0 Å². The molecular weight excluding hydrogens is 510 g/mol. The molecule has 3 aliphatic rings. The second kappa shape index (κ2) is 11.2. The van der Waals surface area contributed by atoms with E-state index in [2.05, 4.69) is 27.7 Å². The molecule has 1 unspecified atom stereocenters. The summed E-state index contributed by atoms with van der Waals surface area (Å²) in [4.78, 5) is 42.9. The largest absolute Gasteiger partial charge is 0.369 e. The number of halogens is 1. The Balaban J connectivity index is 1.09. The predicted molar refractivity (Wildman–Crippen MR) is 149 cm³/mol. The number of rotatable bonds is 5. The van der Waals surface area contributed by atoms with Gasteiger partial charge in [-0.3, -0.25) is 9.59 Å². The molecule has 37 heavy (non-hydrogen) atoms. The zero-order chi connectivity index (χ0) is 25.9. The van der Waals surface area contributed by atoms with E-state index in [0.717, 1.165) is 73.6 Å². The third-order valence-electron chi connectivity index (χ3n) is 7.64. The average molecular weight is 542 g/mol. The summed E-state index contributed by atoms with van der Waals surface area (Å²) in [6.07, 6.45) is 2.75. The van der Waals surface area contributed by atoms with Crippen LogP contribution in [0.4, 0.5) is 21.0 Å². The summed E-state index contributed by atoms with van der Waals surface area (Å²) in [5.74, 6) is 0.918. The number of carbonyl (C=O) groups excluding carboxylic acids is 3. The first-order valence-corrected chi connectivity index (χ1v) is 14.1. The Labute approximate surface area is 226 Å². The number of urea groups is 1. The minimum Gasteiger partial charge on any atom is -0.369 e. The van der Waals surface area contributed by atoms with Crippen molar-refractivity contribution >= 4 is 51.9 Å². The van der Waals surface area contributed by atoms with Crippen LogP contribution >= 0.6 is 23.4 Å². The Bertz CT molecular complexity index is 1140. The number of hydrogen-bond acceptors (Lipinski definition) is 5.